The first kappa shape index (κ1) is 17.0. The van der Waals surface area contributed by atoms with E-state index in [9.17, 15) is 14.0 Å². The van der Waals surface area contributed by atoms with Crippen LogP contribution in [0.15, 0.2) is 40.1 Å². The van der Waals surface area contributed by atoms with Crippen molar-refractivity contribution in [2.45, 2.75) is 37.8 Å². The van der Waals surface area contributed by atoms with Crippen LogP contribution in [0.4, 0.5) is 4.39 Å². The van der Waals surface area contributed by atoms with Crippen LogP contribution >= 0.6 is 0 Å². The van der Waals surface area contributed by atoms with E-state index in [1.165, 1.54) is 0 Å². The molecule has 1 aromatic heterocycles. The molecular weight excluding hydrogens is 347 g/mol. The number of ether oxygens (including phenoxy) is 4. The van der Waals surface area contributed by atoms with E-state index >= 15 is 0 Å². The Labute approximate surface area is 147 Å². The summed E-state index contributed by atoms with van der Waals surface area (Å²) in [6.07, 6.45) is -2.17. The summed E-state index contributed by atoms with van der Waals surface area (Å²) in [6, 6.07) is 7.21. The van der Waals surface area contributed by atoms with Gasteiger partial charge in [0.1, 0.15) is 18.0 Å². The van der Waals surface area contributed by atoms with Crippen molar-refractivity contribution in [2.75, 3.05) is 7.11 Å². The molecule has 0 bridgehead atoms. The first-order chi connectivity index (χ1) is 12.5. The molecular formula is C17H17FN2O6. The lowest BCUT2D eigenvalue weighted by molar-refractivity contribution is -0.145. The molecule has 5 atom stereocenters. The Bertz CT molecular complexity index is 924. The first-order valence-corrected chi connectivity index (χ1v) is 8.09. The van der Waals surface area contributed by atoms with E-state index in [2.05, 4.69) is 0 Å². The molecule has 8 nitrogen and oxygen atoms in total. The van der Waals surface area contributed by atoms with Gasteiger partial charge in [-0.1, -0.05) is 12.1 Å². The SMILES string of the molecule is COc1ccc(C2O[C@@H]3[C@H](O2)[C@@H](C)O[C@H]3n2cc(F)c(=O)[nH]c2=O)cc1. The van der Waals surface area contributed by atoms with Crippen LogP contribution in [0.3, 0.4) is 0 Å². The fraction of sp³-hybridized carbons (Fsp3) is 0.412. The van der Waals surface area contributed by atoms with Gasteiger partial charge in [-0.2, -0.15) is 4.39 Å². The summed E-state index contributed by atoms with van der Waals surface area (Å²) >= 11 is 0. The highest BCUT2D eigenvalue weighted by molar-refractivity contribution is 5.28. The summed E-state index contributed by atoms with van der Waals surface area (Å²) in [4.78, 5) is 25.2. The minimum Gasteiger partial charge on any atom is -0.497 e. The zero-order valence-electron chi connectivity index (χ0n) is 14.0. The smallest absolute Gasteiger partial charge is 0.330 e. The zero-order chi connectivity index (χ0) is 18.4. The van der Waals surface area contributed by atoms with Gasteiger partial charge < -0.3 is 18.9 Å². The largest absolute Gasteiger partial charge is 0.497 e. The fourth-order valence-corrected chi connectivity index (χ4v) is 3.25. The molecule has 0 spiro atoms. The molecule has 2 aliphatic rings. The second-order valence-corrected chi connectivity index (χ2v) is 6.18. The molecule has 2 aromatic rings. The van der Waals surface area contributed by atoms with Crippen molar-refractivity contribution in [1.29, 1.82) is 0 Å². The van der Waals surface area contributed by atoms with Crippen LogP contribution in [0.25, 0.3) is 0 Å². The van der Waals surface area contributed by atoms with E-state index < -0.39 is 41.8 Å². The quantitative estimate of drug-likeness (QED) is 0.876. The Balaban J connectivity index is 1.62. The number of aromatic nitrogens is 2. The van der Waals surface area contributed by atoms with Crippen LogP contribution in [0.2, 0.25) is 0 Å². The summed E-state index contributed by atoms with van der Waals surface area (Å²) in [6.45, 7) is 1.78. The van der Waals surface area contributed by atoms with Crippen molar-refractivity contribution in [3.8, 4) is 5.75 Å². The second-order valence-electron chi connectivity index (χ2n) is 6.18. The highest BCUT2D eigenvalue weighted by atomic mass is 19.1. The van der Waals surface area contributed by atoms with Crippen molar-refractivity contribution < 1.29 is 23.3 Å². The third kappa shape index (κ3) is 2.74. The van der Waals surface area contributed by atoms with E-state index in [-0.39, 0.29) is 6.10 Å². The number of rotatable bonds is 3. The minimum absolute atomic E-state index is 0.380. The highest BCUT2D eigenvalue weighted by Gasteiger charge is 2.52. The summed E-state index contributed by atoms with van der Waals surface area (Å²) in [7, 11) is 1.58. The average molecular weight is 364 g/mol. The maximum Gasteiger partial charge on any atom is 0.330 e. The second kappa shape index (κ2) is 6.35. The molecule has 3 heterocycles. The van der Waals surface area contributed by atoms with Crippen LogP contribution in [0, 0.1) is 5.82 Å². The predicted molar refractivity (Wildman–Crippen MR) is 86.3 cm³/mol. The number of nitrogens with one attached hydrogen (secondary N) is 1. The molecule has 2 aliphatic heterocycles. The monoisotopic (exact) mass is 364 g/mol. The van der Waals surface area contributed by atoms with Crippen LogP contribution in [0.5, 0.6) is 5.75 Å². The Morgan fingerprint density at radius 3 is 2.50 bits per heavy atom. The van der Waals surface area contributed by atoms with Gasteiger partial charge >= 0.3 is 5.69 Å². The molecule has 0 saturated carbocycles. The van der Waals surface area contributed by atoms with Crippen molar-refractivity contribution in [2.24, 2.45) is 0 Å². The molecule has 9 heteroatoms. The van der Waals surface area contributed by atoms with Crippen molar-refractivity contribution in [1.82, 2.24) is 9.55 Å². The molecule has 0 radical (unpaired) electrons. The predicted octanol–water partition coefficient (Wildman–Crippen LogP) is 1.08. The lowest BCUT2D eigenvalue weighted by Gasteiger charge is -2.20. The van der Waals surface area contributed by atoms with Gasteiger partial charge in [0.2, 0.25) is 5.82 Å². The van der Waals surface area contributed by atoms with Crippen molar-refractivity contribution in [3.63, 3.8) is 0 Å². The maximum atomic E-state index is 13.6. The van der Waals surface area contributed by atoms with Gasteiger partial charge in [0.25, 0.3) is 5.56 Å². The first-order valence-electron chi connectivity index (χ1n) is 8.09. The topological polar surface area (TPSA) is 91.8 Å². The maximum absolute atomic E-state index is 13.6. The van der Waals surface area contributed by atoms with Gasteiger partial charge in [-0.3, -0.25) is 14.3 Å². The Morgan fingerprint density at radius 2 is 1.81 bits per heavy atom. The third-order valence-electron chi connectivity index (χ3n) is 4.57. The number of methoxy groups -OCH3 is 1. The molecule has 0 amide bonds. The van der Waals surface area contributed by atoms with Crippen LogP contribution in [-0.2, 0) is 14.2 Å². The fourth-order valence-electron chi connectivity index (χ4n) is 3.25. The van der Waals surface area contributed by atoms with Gasteiger partial charge in [-0.05, 0) is 19.1 Å². The standard InChI is InChI=1S/C17H17FN2O6/c1-8-12-13(15(24-8)20-7-11(18)14(21)19-17(20)22)26-16(25-12)9-3-5-10(23-2)6-4-9/h3-8,12-13,15-16H,1-2H3,(H,19,21,22)/t8-,12-,13-,15-,16?/m1/s1. The number of hydrogen-bond acceptors (Lipinski definition) is 6. The highest BCUT2D eigenvalue weighted by Crippen LogP contribution is 2.43. The van der Waals surface area contributed by atoms with Gasteiger partial charge in [0.05, 0.1) is 19.4 Å². The van der Waals surface area contributed by atoms with Crippen LogP contribution in [0.1, 0.15) is 25.0 Å². The van der Waals surface area contributed by atoms with Gasteiger partial charge in [-0.25, -0.2) is 4.79 Å². The Hall–Kier alpha value is -2.49. The van der Waals surface area contributed by atoms with E-state index in [1.54, 1.807) is 26.2 Å². The van der Waals surface area contributed by atoms with E-state index in [1.807, 2.05) is 17.1 Å². The molecule has 1 unspecified atom stereocenters. The molecule has 4 rings (SSSR count). The molecule has 0 aliphatic carbocycles. The van der Waals surface area contributed by atoms with Gasteiger partial charge in [0.15, 0.2) is 12.5 Å². The summed E-state index contributed by atoms with van der Waals surface area (Å²) in [5.41, 5.74) is -1.06. The molecule has 1 aromatic carbocycles. The van der Waals surface area contributed by atoms with Crippen molar-refractivity contribution in [3.05, 3.63) is 62.7 Å². The number of halogens is 1. The lowest BCUT2D eigenvalue weighted by Crippen LogP contribution is -2.38. The number of fused-ring (bicyclic) bond motifs is 1. The summed E-state index contributed by atoms with van der Waals surface area (Å²) < 4.78 is 37.3. The van der Waals surface area contributed by atoms with Gasteiger partial charge in [0, 0.05) is 5.56 Å². The van der Waals surface area contributed by atoms with Crippen molar-refractivity contribution >= 4 is 0 Å². The zero-order valence-corrected chi connectivity index (χ0v) is 14.0. The number of benzene rings is 1. The normalized spacial score (nSPS) is 30.3. The number of nitrogens with zero attached hydrogens (tertiary/aromatic N) is 1. The van der Waals surface area contributed by atoms with Crippen LogP contribution in [-0.4, -0.2) is 35.0 Å². The molecule has 26 heavy (non-hydrogen) atoms. The number of aromatic amines is 1. The van der Waals surface area contributed by atoms with E-state index in [4.69, 9.17) is 18.9 Å². The lowest BCUT2D eigenvalue weighted by atomic mass is 10.1. The molecule has 1 N–H and O–H groups in total. The average Bonchev–Trinajstić information content (AvgIpc) is 3.19. The minimum atomic E-state index is -1.08. The van der Waals surface area contributed by atoms with E-state index in [0.29, 0.717) is 5.75 Å². The molecule has 2 fully saturated rings. The van der Waals surface area contributed by atoms with E-state index in [0.717, 1.165) is 16.3 Å². The summed E-state index contributed by atoms with van der Waals surface area (Å²) in [5, 5.41) is 0. The number of hydrogen-bond donors (Lipinski definition) is 1. The Morgan fingerprint density at radius 1 is 1.12 bits per heavy atom. The Kier molecular flexibility index (Phi) is 4.14. The molecule has 138 valence electrons. The van der Waals surface area contributed by atoms with Gasteiger partial charge in [-0.15, -0.1) is 0 Å². The number of H-pyrrole nitrogens is 1. The summed E-state index contributed by atoms with van der Waals surface area (Å²) in [5.74, 6) is -0.369. The van der Waals surface area contributed by atoms with Crippen LogP contribution < -0.4 is 16.0 Å². The molecule has 2 saturated heterocycles. The third-order valence-corrected chi connectivity index (χ3v) is 4.57.